The Morgan fingerprint density at radius 1 is 1.20 bits per heavy atom. The third-order valence-electron chi connectivity index (χ3n) is 1.52. The van der Waals surface area contributed by atoms with Crippen molar-refractivity contribution in [3.05, 3.63) is 30.3 Å². The summed E-state index contributed by atoms with van der Waals surface area (Å²) in [6, 6.07) is 11.7. The molecular formula is C9H13Sn. The van der Waals surface area contributed by atoms with Crippen LogP contribution in [-0.4, -0.2) is 18.4 Å². The van der Waals surface area contributed by atoms with Gasteiger partial charge in [0.05, 0.1) is 0 Å². The molecule has 1 heteroatoms. The second kappa shape index (κ2) is 2.95. The van der Waals surface area contributed by atoms with E-state index in [2.05, 4.69) is 33.0 Å². The summed E-state index contributed by atoms with van der Waals surface area (Å²) in [5.41, 5.74) is 0. The Labute approximate surface area is 67.1 Å². The van der Waals surface area contributed by atoms with Crippen molar-refractivity contribution in [3.8, 4) is 0 Å². The number of hydrogen-bond acceptors (Lipinski definition) is 0. The quantitative estimate of drug-likeness (QED) is 0.659. The normalized spacial score (nSPS) is 11.5. The summed E-state index contributed by atoms with van der Waals surface area (Å²) in [4.78, 5) is 7.21. The third-order valence-corrected chi connectivity index (χ3v) is 7.02. The van der Waals surface area contributed by atoms with Crippen LogP contribution in [0.1, 0.15) is 0 Å². The van der Waals surface area contributed by atoms with Gasteiger partial charge in [-0.05, 0) is 0 Å². The Kier molecular flexibility index (Phi) is 2.40. The Bertz CT molecular complexity index is 196. The van der Waals surface area contributed by atoms with Crippen molar-refractivity contribution in [3.63, 3.8) is 0 Å². The first-order valence-corrected chi connectivity index (χ1v) is 13.6. The van der Waals surface area contributed by atoms with Crippen LogP contribution in [0.15, 0.2) is 24.3 Å². The molecule has 0 aromatic heterocycles. The maximum atomic E-state index is 3.30. The van der Waals surface area contributed by atoms with Crippen molar-refractivity contribution in [1.82, 2.24) is 0 Å². The van der Waals surface area contributed by atoms with E-state index in [1.165, 1.54) is 3.58 Å². The van der Waals surface area contributed by atoms with Crippen LogP contribution in [-0.2, 0) is 0 Å². The second-order valence-electron chi connectivity index (χ2n) is 3.53. The monoisotopic (exact) mass is 241 g/mol. The zero-order valence-electron chi connectivity index (χ0n) is 6.81. The number of hydrogen-bond donors (Lipinski definition) is 0. The molecule has 0 amide bonds. The van der Waals surface area contributed by atoms with Crippen LogP contribution in [0.5, 0.6) is 0 Å². The molecule has 0 aliphatic carbocycles. The standard InChI is InChI=1S/C6H4.3CH3.Sn/c1-2-4-6-5-3-1;;;;/h1-4H;3*1H3;. The first-order chi connectivity index (χ1) is 4.61. The van der Waals surface area contributed by atoms with Crippen LogP contribution in [0.2, 0.25) is 14.8 Å². The third kappa shape index (κ3) is 2.01. The van der Waals surface area contributed by atoms with Crippen LogP contribution in [0.3, 0.4) is 0 Å². The SMILES string of the molecule is [CH3][Sn]([CH3])([CH3])[c]1[c]cccc1. The van der Waals surface area contributed by atoms with Gasteiger partial charge in [0.25, 0.3) is 0 Å². The molecular weight excluding hydrogens is 227 g/mol. The molecule has 0 nitrogen and oxygen atoms in total. The summed E-state index contributed by atoms with van der Waals surface area (Å²) in [7, 11) is 0. The van der Waals surface area contributed by atoms with Crippen molar-refractivity contribution in [1.29, 1.82) is 0 Å². The minimum atomic E-state index is -1.77. The van der Waals surface area contributed by atoms with Crippen molar-refractivity contribution in [2.45, 2.75) is 14.8 Å². The van der Waals surface area contributed by atoms with Crippen LogP contribution in [0.25, 0.3) is 0 Å². The van der Waals surface area contributed by atoms with E-state index in [0.717, 1.165) is 0 Å². The fraction of sp³-hybridized carbons (Fsp3) is 0.333. The maximum absolute atomic E-state index is 3.30. The average Bonchev–Trinajstić information content (AvgIpc) is 1.88. The summed E-state index contributed by atoms with van der Waals surface area (Å²) < 4.78 is 1.48. The van der Waals surface area contributed by atoms with Gasteiger partial charge in [0, 0.05) is 0 Å². The predicted molar refractivity (Wildman–Crippen MR) is 48.3 cm³/mol. The molecule has 0 aliphatic rings. The van der Waals surface area contributed by atoms with E-state index in [-0.39, 0.29) is 0 Å². The molecule has 0 N–H and O–H groups in total. The molecule has 1 radical (unpaired) electrons. The van der Waals surface area contributed by atoms with Gasteiger partial charge in [0.2, 0.25) is 0 Å². The van der Waals surface area contributed by atoms with Crippen molar-refractivity contribution in [2.75, 3.05) is 0 Å². The molecule has 1 rings (SSSR count). The Hall–Kier alpha value is 0.0187. The van der Waals surface area contributed by atoms with Crippen LogP contribution < -0.4 is 3.58 Å². The van der Waals surface area contributed by atoms with Gasteiger partial charge >= 0.3 is 67.1 Å². The van der Waals surface area contributed by atoms with E-state index >= 15 is 0 Å². The second-order valence-corrected chi connectivity index (χ2v) is 17.9. The van der Waals surface area contributed by atoms with Gasteiger partial charge in [-0.15, -0.1) is 0 Å². The first kappa shape index (κ1) is 8.12. The summed E-state index contributed by atoms with van der Waals surface area (Å²) in [5.74, 6) is 0. The molecule has 0 saturated carbocycles. The summed E-state index contributed by atoms with van der Waals surface area (Å²) in [6.45, 7) is 0. The number of benzene rings is 1. The van der Waals surface area contributed by atoms with E-state index < -0.39 is 18.4 Å². The van der Waals surface area contributed by atoms with Gasteiger partial charge in [-0.3, -0.25) is 0 Å². The molecule has 0 unspecified atom stereocenters. The molecule has 0 aliphatic heterocycles. The van der Waals surface area contributed by atoms with Gasteiger partial charge in [0.15, 0.2) is 0 Å². The van der Waals surface area contributed by atoms with Gasteiger partial charge in [0.1, 0.15) is 0 Å². The molecule has 1 aromatic carbocycles. The van der Waals surface area contributed by atoms with Crippen molar-refractivity contribution >= 4 is 22.0 Å². The molecule has 0 fully saturated rings. The average molecular weight is 240 g/mol. The van der Waals surface area contributed by atoms with Gasteiger partial charge in [-0.2, -0.15) is 0 Å². The predicted octanol–water partition coefficient (Wildman–Crippen LogP) is 2.03. The fourth-order valence-electron chi connectivity index (χ4n) is 0.860. The Morgan fingerprint density at radius 2 is 1.90 bits per heavy atom. The molecule has 1 aromatic rings. The molecule has 0 bridgehead atoms. The summed E-state index contributed by atoms with van der Waals surface area (Å²) >= 11 is -1.77. The van der Waals surface area contributed by atoms with E-state index in [1.807, 2.05) is 12.1 Å². The summed E-state index contributed by atoms with van der Waals surface area (Å²) in [6.07, 6.45) is 0. The topological polar surface area (TPSA) is 0 Å². The minimum absolute atomic E-state index is 1.48. The Morgan fingerprint density at radius 3 is 2.20 bits per heavy atom. The van der Waals surface area contributed by atoms with Crippen molar-refractivity contribution in [2.24, 2.45) is 0 Å². The van der Waals surface area contributed by atoms with Crippen LogP contribution in [0, 0.1) is 6.07 Å². The molecule has 0 atom stereocenters. The molecule has 10 heavy (non-hydrogen) atoms. The van der Waals surface area contributed by atoms with Gasteiger partial charge in [-0.1, -0.05) is 0 Å². The molecule has 0 spiro atoms. The van der Waals surface area contributed by atoms with Crippen LogP contribution >= 0.6 is 0 Å². The zero-order chi connectivity index (χ0) is 7.61. The fourth-order valence-corrected chi connectivity index (χ4v) is 4.04. The molecule has 53 valence electrons. The van der Waals surface area contributed by atoms with Gasteiger partial charge < -0.3 is 0 Å². The van der Waals surface area contributed by atoms with E-state index in [0.29, 0.717) is 0 Å². The zero-order valence-corrected chi connectivity index (χ0v) is 9.66. The molecule has 0 heterocycles. The van der Waals surface area contributed by atoms with Crippen LogP contribution in [0.4, 0.5) is 0 Å². The summed E-state index contributed by atoms with van der Waals surface area (Å²) in [5, 5.41) is 0. The van der Waals surface area contributed by atoms with Gasteiger partial charge in [-0.25, -0.2) is 0 Å². The van der Waals surface area contributed by atoms with E-state index in [4.69, 9.17) is 0 Å². The van der Waals surface area contributed by atoms with Crippen molar-refractivity contribution < 1.29 is 0 Å². The first-order valence-electron chi connectivity index (χ1n) is 3.58. The van der Waals surface area contributed by atoms with E-state index in [9.17, 15) is 0 Å². The number of rotatable bonds is 1. The Balaban J connectivity index is 2.97. The van der Waals surface area contributed by atoms with E-state index in [1.54, 1.807) is 0 Å². The molecule has 0 saturated heterocycles.